The number of rotatable bonds is 2. The number of aryl methyl sites for hydroxylation is 1. The van der Waals surface area contributed by atoms with Gasteiger partial charge in [-0.05, 0) is 42.1 Å². The third-order valence-corrected chi connectivity index (χ3v) is 4.47. The summed E-state index contributed by atoms with van der Waals surface area (Å²) in [6.07, 6.45) is 0. The monoisotopic (exact) mass is 348 g/mol. The summed E-state index contributed by atoms with van der Waals surface area (Å²) in [4.78, 5) is 26.7. The zero-order chi connectivity index (χ0) is 16.4. The number of carbonyl (C=O) groups excluding carboxylic acids is 2. The van der Waals surface area contributed by atoms with Crippen LogP contribution in [0.5, 0.6) is 0 Å². The van der Waals surface area contributed by atoms with E-state index < -0.39 is 11.9 Å². The number of hydrazine groups is 1. The summed E-state index contributed by atoms with van der Waals surface area (Å²) in [6, 6.07) is 8.21. The highest BCUT2D eigenvalue weighted by Gasteiger charge is 2.11. The van der Waals surface area contributed by atoms with Gasteiger partial charge in [0.1, 0.15) is 5.69 Å². The Kier molecular flexibility index (Phi) is 4.22. The normalized spacial score (nSPS) is 10.5. The van der Waals surface area contributed by atoms with Crippen LogP contribution in [0.15, 0.2) is 35.7 Å². The molecule has 3 amide bonds. The number of nitrogens with one attached hydrogen (secondary N) is 4. The van der Waals surface area contributed by atoms with E-state index in [2.05, 4.69) is 21.2 Å². The van der Waals surface area contributed by atoms with Gasteiger partial charge in [0.25, 0.3) is 5.91 Å². The molecule has 0 unspecified atom stereocenters. The number of carbonyl (C=O) groups is 2. The number of fused-ring (bicyclic) bond motifs is 1. The van der Waals surface area contributed by atoms with Crippen molar-refractivity contribution in [3.05, 3.63) is 52.0 Å². The van der Waals surface area contributed by atoms with Crippen LogP contribution in [0.1, 0.15) is 16.1 Å². The Labute approximate surface area is 140 Å². The Morgan fingerprint density at radius 2 is 2.00 bits per heavy atom. The fraction of sp³-hybridized carbons (Fsp3) is 0.0667. The molecule has 0 saturated carbocycles. The quantitative estimate of drug-likeness (QED) is 0.533. The van der Waals surface area contributed by atoms with Crippen molar-refractivity contribution in [3.8, 4) is 0 Å². The lowest BCUT2D eigenvalue weighted by Crippen LogP contribution is -2.44. The van der Waals surface area contributed by atoms with E-state index >= 15 is 0 Å². The smallest absolute Gasteiger partial charge is 0.337 e. The molecule has 0 aliphatic heterocycles. The first-order valence-electron chi connectivity index (χ1n) is 6.72. The van der Waals surface area contributed by atoms with Crippen LogP contribution in [0.3, 0.4) is 0 Å². The third-order valence-electron chi connectivity index (χ3n) is 3.20. The number of urea groups is 1. The van der Waals surface area contributed by atoms with E-state index in [0.717, 1.165) is 15.8 Å². The van der Waals surface area contributed by atoms with Crippen molar-refractivity contribution in [1.29, 1.82) is 0 Å². The van der Waals surface area contributed by atoms with Gasteiger partial charge in [-0.2, -0.15) is 0 Å². The Balaban J connectivity index is 1.56. The third kappa shape index (κ3) is 3.46. The number of aromatic nitrogens is 1. The number of thiophene rings is 1. The number of halogens is 1. The second-order valence-corrected chi connectivity index (χ2v) is 6.23. The molecular formula is C15H13ClN4O2S. The molecule has 0 atom stereocenters. The summed E-state index contributed by atoms with van der Waals surface area (Å²) in [7, 11) is 0. The summed E-state index contributed by atoms with van der Waals surface area (Å²) in [6.45, 7) is 1.87. The lowest BCUT2D eigenvalue weighted by atomic mass is 10.2. The van der Waals surface area contributed by atoms with E-state index in [9.17, 15) is 9.59 Å². The van der Waals surface area contributed by atoms with Crippen molar-refractivity contribution in [2.45, 2.75) is 6.92 Å². The number of hydrogen-bond donors (Lipinski definition) is 4. The van der Waals surface area contributed by atoms with Crippen LogP contribution in [0.25, 0.3) is 10.2 Å². The number of H-pyrrole nitrogens is 1. The van der Waals surface area contributed by atoms with E-state index in [1.807, 2.05) is 18.4 Å². The van der Waals surface area contributed by atoms with Gasteiger partial charge in [0.15, 0.2) is 0 Å². The molecule has 6 nitrogen and oxygen atoms in total. The van der Waals surface area contributed by atoms with Gasteiger partial charge in [0, 0.05) is 10.7 Å². The highest BCUT2D eigenvalue weighted by Crippen LogP contribution is 2.21. The number of anilines is 1. The molecule has 0 spiro atoms. The summed E-state index contributed by atoms with van der Waals surface area (Å²) >= 11 is 7.52. The van der Waals surface area contributed by atoms with Crippen LogP contribution in [-0.2, 0) is 0 Å². The van der Waals surface area contributed by atoms with Gasteiger partial charge in [-0.1, -0.05) is 17.7 Å². The van der Waals surface area contributed by atoms with Crippen molar-refractivity contribution in [1.82, 2.24) is 15.8 Å². The van der Waals surface area contributed by atoms with Crippen LogP contribution in [-0.4, -0.2) is 16.9 Å². The summed E-state index contributed by atoms with van der Waals surface area (Å²) < 4.78 is 0.980. The molecule has 118 valence electrons. The minimum atomic E-state index is -0.563. The van der Waals surface area contributed by atoms with Gasteiger partial charge in [-0.25, -0.2) is 10.2 Å². The predicted octanol–water partition coefficient (Wildman–Crippen LogP) is 3.66. The molecule has 2 heterocycles. The van der Waals surface area contributed by atoms with Crippen LogP contribution >= 0.6 is 22.9 Å². The minimum absolute atomic E-state index is 0.380. The van der Waals surface area contributed by atoms with E-state index in [0.29, 0.717) is 16.4 Å². The lowest BCUT2D eigenvalue weighted by molar-refractivity contribution is 0.0934. The molecule has 0 aliphatic carbocycles. The van der Waals surface area contributed by atoms with Gasteiger partial charge in [-0.15, -0.1) is 11.3 Å². The molecule has 0 fully saturated rings. The summed E-state index contributed by atoms with van der Waals surface area (Å²) in [5.41, 5.74) is 7.34. The molecule has 1 aromatic carbocycles. The Hall–Kier alpha value is -2.51. The first kappa shape index (κ1) is 15.4. The second-order valence-electron chi connectivity index (χ2n) is 4.88. The second kappa shape index (κ2) is 6.31. The first-order valence-corrected chi connectivity index (χ1v) is 7.98. The molecule has 8 heteroatoms. The number of amides is 3. The molecule has 3 rings (SSSR count). The van der Waals surface area contributed by atoms with E-state index in [-0.39, 0.29) is 0 Å². The van der Waals surface area contributed by atoms with Crippen molar-refractivity contribution in [2.75, 3.05) is 5.32 Å². The zero-order valence-corrected chi connectivity index (χ0v) is 13.6. The molecule has 3 aromatic rings. The first-order chi connectivity index (χ1) is 11.0. The van der Waals surface area contributed by atoms with E-state index in [1.54, 1.807) is 24.3 Å². The fourth-order valence-corrected chi connectivity index (χ4v) is 2.95. The number of benzene rings is 1. The average Bonchev–Trinajstić information content (AvgIpc) is 3.10. The average molecular weight is 349 g/mol. The van der Waals surface area contributed by atoms with Crippen LogP contribution in [0.2, 0.25) is 5.02 Å². The topological polar surface area (TPSA) is 86.0 Å². The van der Waals surface area contributed by atoms with Crippen molar-refractivity contribution in [3.63, 3.8) is 0 Å². The van der Waals surface area contributed by atoms with Gasteiger partial charge in [0.05, 0.1) is 10.2 Å². The standard InChI is InChI=1S/C15H13ClN4O2S/c1-8-2-3-9(6-10(8)16)17-15(22)20-19-14(21)12-7-13-11(18-12)4-5-23-13/h2-7,18H,1H3,(H,19,21)(H2,17,20,22). The van der Waals surface area contributed by atoms with Gasteiger partial charge in [0.2, 0.25) is 0 Å². The fourth-order valence-electron chi connectivity index (χ4n) is 1.98. The maximum absolute atomic E-state index is 12.0. The van der Waals surface area contributed by atoms with Crippen molar-refractivity contribution in [2.24, 2.45) is 0 Å². The lowest BCUT2D eigenvalue weighted by Gasteiger charge is -2.09. The number of aromatic amines is 1. The highest BCUT2D eigenvalue weighted by molar-refractivity contribution is 7.17. The molecule has 4 N–H and O–H groups in total. The zero-order valence-electron chi connectivity index (χ0n) is 12.1. The molecule has 0 aliphatic rings. The SMILES string of the molecule is Cc1ccc(NC(=O)NNC(=O)c2cc3sccc3[nH]2)cc1Cl. The molecular weight excluding hydrogens is 336 g/mol. The maximum Gasteiger partial charge on any atom is 0.337 e. The van der Waals surface area contributed by atoms with Crippen LogP contribution in [0.4, 0.5) is 10.5 Å². The molecule has 0 radical (unpaired) electrons. The maximum atomic E-state index is 12.0. The summed E-state index contributed by atoms with van der Waals surface area (Å²) in [5.74, 6) is -0.425. The predicted molar refractivity (Wildman–Crippen MR) is 92.0 cm³/mol. The van der Waals surface area contributed by atoms with Crippen LogP contribution in [0, 0.1) is 6.92 Å². The Morgan fingerprint density at radius 1 is 1.17 bits per heavy atom. The number of hydrogen-bond acceptors (Lipinski definition) is 3. The van der Waals surface area contributed by atoms with Crippen molar-refractivity contribution >= 4 is 50.8 Å². The van der Waals surface area contributed by atoms with Gasteiger partial charge in [-0.3, -0.25) is 10.2 Å². The Morgan fingerprint density at radius 3 is 2.74 bits per heavy atom. The van der Waals surface area contributed by atoms with Gasteiger partial charge < -0.3 is 10.3 Å². The largest absolute Gasteiger partial charge is 0.350 e. The minimum Gasteiger partial charge on any atom is -0.350 e. The summed E-state index contributed by atoms with van der Waals surface area (Å²) in [5, 5.41) is 5.07. The van der Waals surface area contributed by atoms with E-state index in [4.69, 9.17) is 11.6 Å². The van der Waals surface area contributed by atoms with E-state index in [1.165, 1.54) is 11.3 Å². The van der Waals surface area contributed by atoms with Crippen molar-refractivity contribution < 1.29 is 9.59 Å². The van der Waals surface area contributed by atoms with Crippen LogP contribution < -0.4 is 16.2 Å². The highest BCUT2D eigenvalue weighted by atomic mass is 35.5. The molecule has 0 saturated heterocycles. The molecule has 2 aromatic heterocycles. The Bertz CT molecular complexity index is 858. The molecule has 23 heavy (non-hydrogen) atoms. The molecule has 0 bridgehead atoms. The van der Waals surface area contributed by atoms with Gasteiger partial charge >= 0.3 is 6.03 Å².